The number of carbonyl (C=O) groups is 1. The molecule has 6 nitrogen and oxygen atoms in total. The second-order valence-electron chi connectivity index (χ2n) is 4.68. The first kappa shape index (κ1) is 15.2. The fourth-order valence-electron chi connectivity index (χ4n) is 1.42. The van der Waals surface area contributed by atoms with Crippen molar-refractivity contribution in [1.29, 1.82) is 0 Å². The molecular weight excluding hydrogens is 246 g/mol. The van der Waals surface area contributed by atoms with Crippen molar-refractivity contribution in [3.05, 3.63) is 17.8 Å². The maximum Gasteiger partial charge on any atom is 0.337 e. The van der Waals surface area contributed by atoms with Gasteiger partial charge in [0.2, 0.25) is 0 Å². The van der Waals surface area contributed by atoms with Gasteiger partial charge in [0.05, 0.1) is 24.1 Å². The van der Waals surface area contributed by atoms with E-state index < -0.39 is 5.97 Å². The van der Waals surface area contributed by atoms with E-state index in [0.29, 0.717) is 24.9 Å². The number of carboxylic acid groups (broad SMARTS) is 1. The third-order valence-electron chi connectivity index (χ3n) is 2.56. The number of pyridine rings is 1. The SMILES string of the molecule is CC(C)CCOCCNc1cc(C(=O)O)c(N)cn1. The van der Waals surface area contributed by atoms with Crippen LogP contribution in [0.4, 0.5) is 11.5 Å². The summed E-state index contributed by atoms with van der Waals surface area (Å²) in [4.78, 5) is 14.9. The van der Waals surface area contributed by atoms with Crippen LogP contribution in [0.3, 0.4) is 0 Å². The number of hydrogen-bond acceptors (Lipinski definition) is 5. The first-order chi connectivity index (χ1) is 9.00. The Kier molecular flexibility index (Phi) is 6.08. The van der Waals surface area contributed by atoms with Gasteiger partial charge in [0, 0.05) is 13.2 Å². The van der Waals surface area contributed by atoms with E-state index in [1.165, 1.54) is 12.3 Å². The van der Waals surface area contributed by atoms with E-state index in [4.69, 9.17) is 15.6 Å². The maximum absolute atomic E-state index is 10.9. The lowest BCUT2D eigenvalue weighted by molar-refractivity contribution is 0.0698. The Hall–Kier alpha value is -1.82. The van der Waals surface area contributed by atoms with Gasteiger partial charge >= 0.3 is 5.97 Å². The molecule has 4 N–H and O–H groups in total. The molecule has 19 heavy (non-hydrogen) atoms. The van der Waals surface area contributed by atoms with Crippen LogP contribution in [0.2, 0.25) is 0 Å². The molecule has 0 amide bonds. The van der Waals surface area contributed by atoms with E-state index in [2.05, 4.69) is 24.1 Å². The molecule has 0 unspecified atom stereocenters. The Morgan fingerprint density at radius 2 is 2.26 bits per heavy atom. The fraction of sp³-hybridized carbons (Fsp3) is 0.538. The number of nitrogen functional groups attached to an aromatic ring is 1. The van der Waals surface area contributed by atoms with Gasteiger partial charge in [-0.25, -0.2) is 9.78 Å². The average molecular weight is 267 g/mol. The number of nitrogens with one attached hydrogen (secondary N) is 1. The van der Waals surface area contributed by atoms with E-state index in [1.54, 1.807) is 0 Å². The molecule has 106 valence electrons. The summed E-state index contributed by atoms with van der Waals surface area (Å²) in [5.41, 5.74) is 5.73. The molecule has 1 rings (SSSR count). The lowest BCUT2D eigenvalue weighted by Gasteiger charge is -2.09. The van der Waals surface area contributed by atoms with Gasteiger partial charge in [-0.3, -0.25) is 0 Å². The number of carboxylic acids is 1. The van der Waals surface area contributed by atoms with Crippen LogP contribution < -0.4 is 11.1 Å². The largest absolute Gasteiger partial charge is 0.478 e. The number of aromatic nitrogens is 1. The number of hydrogen-bond donors (Lipinski definition) is 3. The van der Waals surface area contributed by atoms with Crippen LogP contribution >= 0.6 is 0 Å². The zero-order chi connectivity index (χ0) is 14.3. The molecule has 0 fully saturated rings. The van der Waals surface area contributed by atoms with Crippen LogP contribution in [0.5, 0.6) is 0 Å². The third kappa shape index (κ3) is 5.56. The Morgan fingerprint density at radius 3 is 2.89 bits per heavy atom. The standard InChI is InChI=1S/C13H21N3O3/c1-9(2)3-5-19-6-4-15-12-7-10(13(17)18)11(14)8-16-12/h7-9H,3-6,14H2,1-2H3,(H,15,16)(H,17,18). The maximum atomic E-state index is 10.9. The highest BCUT2D eigenvalue weighted by Gasteiger charge is 2.09. The monoisotopic (exact) mass is 267 g/mol. The molecule has 1 aromatic rings. The van der Waals surface area contributed by atoms with Crippen molar-refractivity contribution < 1.29 is 14.6 Å². The highest BCUT2D eigenvalue weighted by Crippen LogP contribution is 2.14. The molecule has 0 saturated carbocycles. The van der Waals surface area contributed by atoms with Gasteiger partial charge in [-0.15, -0.1) is 0 Å². The van der Waals surface area contributed by atoms with Crippen molar-refractivity contribution in [2.24, 2.45) is 5.92 Å². The smallest absolute Gasteiger partial charge is 0.337 e. The van der Waals surface area contributed by atoms with Gasteiger partial charge in [0.25, 0.3) is 0 Å². The van der Waals surface area contributed by atoms with Gasteiger partial charge in [-0.1, -0.05) is 13.8 Å². The second-order valence-corrected chi connectivity index (χ2v) is 4.68. The Morgan fingerprint density at radius 1 is 1.53 bits per heavy atom. The summed E-state index contributed by atoms with van der Waals surface area (Å²) in [7, 11) is 0. The predicted octanol–water partition coefficient (Wildman–Crippen LogP) is 1.84. The summed E-state index contributed by atoms with van der Waals surface area (Å²) < 4.78 is 5.44. The van der Waals surface area contributed by atoms with Crippen LogP contribution in [0.15, 0.2) is 12.3 Å². The van der Waals surface area contributed by atoms with Crippen LogP contribution in [-0.2, 0) is 4.74 Å². The first-order valence-corrected chi connectivity index (χ1v) is 6.31. The first-order valence-electron chi connectivity index (χ1n) is 6.31. The molecule has 0 aliphatic carbocycles. The van der Waals surface area contributed by atoms with Crippen LogP contribution in [0.1, 0.15) is 30.6 Å². The minimum absolute atomic E-state index is 0.0539. The zero-order valence-electron chi connectivity index (χ0n) is 11.3. The van der Waals surface area contributed by atoms with Crippen LogP contribution in [0, 0.1) is 5.92 Å². The summed E-state index contributed by atoms with van der Waals surface area (Å²) in [6.07, 6.45) is 2.37. The molecule has 0 bridgehead atoms. The highest BCUT2D eigenvalue weighted by molar-refractivity contribution is 5.94. The second kappa shape index (κ2) is 7.58. The molecule has 1 aromatic heterocycles. The topological polar surface area (TPSA) is 97.5 Å². The Balaban J connectivity index is 2.34. The molecular formula is C13H21N3O3. The molecule has 1 heterocycles. The molecule has 0 spiro atoms. The summed E-state index contributed by atoms with van der Waals surface area (Å²) in [6, 6.07) is 1.42. The van der Waals surface area contributed by atoms with Crippen LogP contribution in [0.25, 0.3) is 0 Å². The molecule has 0 aromatic carbocycles. The lowest BCUT2D eigenvalue weighted by Crippen LogP contribution is -2.13. The van der Waals surface area contributed by atoms with E-state index in [1.807, 2.05) is 0 Å². The van der Waals surface area contributed by atoms with Crippen molar-refractivity contribution >= 4 is 17.5 Å². The molecule has 0 saturated heterocycles. The molecule has 0 atom stereocenters. The molecule has 6 heteroatoms. The summed E-state index contributed by atoms with van der Waals surface area (Å²) >= 11 is 0. The van der Waals surface area contributed by atoms with Gasteiger partial charge in [-0.2, -0.15) is 0 Å². The van der Waals surface area contributed by atoms with Crippen molar-refractivity contribution in [3.63, 3.8) is 0 Å². The molecule has 0 aliphatic rings. The van der Waals surface area contributed by atoms with Gasteiger partial charge in [-0.05, 0) is 18.4 Å². The minimum Gasteiger partial charge on any atom is -0.478 e. The van der Waals surface area contributed by atoms with Crippen molar-refractivity contribution in [3.8, 4) is 0 Å². The molecule has 0 radical (unpaired) electrons. The number of rotatable bonds is 8. The van der Waals surface area contributed by atoms with Gasteiger partial charge in [0.15, 0.2) is 0 Å². The number of aromatic carboxylic acids is 1. The fourth-order valence-corrected chi connectivity index (χ4v) is 1.42. The van der Waals surface area contributed by atoms with Crippen molar-refractivity contribution in [2.45, 2.75) is 20.3 Å². The summed E-state index contributed by atoms with van der Waals surface area (Å²) in [5, 5.41) is 11.9. The number of ether oxygens (including phenoxy) is 1. The van der Waals surface area contributed by atoms with E-state index in [9.17, 15) is 4.79 Å². The van der Waals surface area contributed by atoms with E-state index in [0.717, 1.165) is 13.0 Å². The zero-order valence-corrected chi connectivity index (χ0v) is 11.3. The highest BCUT2D eigenvalue weighted by atomic mass is 16.5. The quantitative estimate of drug-likeness (QED) is 0.622. The van der Waals surface area contributed by atoms with Gasteiger partial charge in [0.1, 0.15) is 5.82 Å². The Bertz CT molecular complexity index is 422. The third-order valence-corrected chi connectivity index (χ3v) is 2.56. The average Bonchev–Trinajstić information content (AvgIpc) is 2.34. The number of anilines is 2. The van der Waals surface area contributed by atoms with Crippen molar-refractivity contribution in [2.75, 3.05) is 30.8 Å². The summed E-state index contributed by atoms with van der Waals surface area (Å²) in [5.74, 6) is 0.0556. The normalized spacial score (nSPS) is 10.7. The predicted molar refractivity (Wildman–Crippen MR) is 74.4 cm³/mol. The lowest BCUT2D eigenvalue weighted by atomic mass is 10.1. The van der Waals surface area contributed by atoms with E-state index in [-0.39, 0.29) is 11.3 Å². The number of nitrogens with zero attached hydrogens (tertiary/aromatic N) is 1. The van der Waals surface area contributed by atoms with Gasteiger partial charge < -0.3 is 20.9 Å². The Labute approximate surface area is 113 Å². The summed E-state index contributed by atoms with van der Waals surface area (Å²) in [6.45, 7) is 6.16. The van der Waals surface area contributed by atoms with E-state index >= 15 is 0 Å². The van der Waals surface area contributed by atoms with Crippen molar-refractivity contribution in [1.82, 2.24) is 4.98 Å². The minimum atomic E-state index is -1.06. The number of nitrogens with two attached hydrogens (primary N) is 1. The molecule has 0 aliphatic heterocycles. The van der Waals surface area contributed by atoms with Crippen LogP contribution in [-0.4, -0.2) is 35.8 Å².